The Morgan fingerprint density at radius 2 is 2.00 bits per heavy atom. The smallest absolute Gasteiger partial charge is 0.358 e. The standard InChI is InChI=1S/C16H12FN3O4/c1-22-16(21)13-6-19-14(7-18-13)23-8-11-9-24-20-15(11)10-2-4-12(17)5-3-10/h2-7,9H,8H2,1H3. The third-order valence-electron chi connectivity index (χ3n) is 3.16. The zero-order valence-corrected chi connectivity index (χ0v) is 12.6. The number of aromatic nitrogens is 3. The van der Waals surface area contributed by atoms with E-state index in [-0.39, 0.29) is 24.0 Å². The predicted molar refractivity (Wildman–Crippen MR) is 79.6 cm³/mol. The molecule has 3 rings (SSSR count). The largest absolute Gasteiger partial charge is 0.471 e. The van der Waals surface area contributed by atoms with Gasteiger partial charge < -0.3 is 14.0 Å². The SMILES string of the molecule is COC(=O)c1cnc(OCc2conc2-c2ccc(F)cc2)cn1. The third-order valence-corrected chi connectivity index (χ3v) is 3.16. The van der Waals surface area contributed by atoms with Crippen molar-refractivity contribution in [3.05, 3.63) is 60.0 Å². The average molecular weight is 329 g/mol. The lowest BCUT2D eigenvalue weighted by Gasteiger charge is -2.05. The summed E-state index contributed by atoms with van der Waals surface area (Å²) in [4.78, 5) is 19.2. The lowest BCUT2D eigenvalue weighted by atomic mass is 10.1. The maximum atomic E-state index is 13.0. The Kier molecular flexibility index (Phi) is 4.46. The minimum atomic E-state index is -0.577. The van der Waals surface area contributed by atoms with Gasteiger partial charge in [-0.2, -0.15) is 0 Å². The van der Waals surface area contributed by atoms with Gasteiger partial charge in [-0.05, 0) is 24.3 Å². The molecule has 1 aromatic carbocycles. The predicted octanol–water partition coefficient (Wildman–Crippen LogP) is 2.64. The van der Waals surface area contributed by atoms with E-state index in [1.165, 1.54) is 37.9 Å². The van der Waals surface area contributed by atoms with Gasteiger partial charge in [-0.3, -0.25) is 0 Å². The van der Waals surface area contributed by atoms with Gasteiger partial charge in [0.05, 0.1) is 25.1 Å². The van der Waals surface area contributed by atoms with Gasteiger partial charge in [0.1, 0.15) is 24.4 Å². The van der Waals surface area contributed by atoms with E-state index in [2.05, 4.69) is 19.9 Å². The van der Waals surface area contributed by atoms with Crippen molar-refractivity contribution in [2.75, 3.05) is 7.11 Å². The molecule has 0 aliphatic rings. The fourth-order valence-corrected chi connectivity index (χ4v) is 1.96. The Morgan fingerprint density at radius 3 is 2.67 bits per heavy atom. The van der Waals surface area contributed by atoms with E-state index >= 15 is 0 Å². The van der Waals surface area contributed by atoms with Gasteiger partial charge in [0.25, 0.3) is 0 Å². The zero-order valence-electron chi connectivity index (χ0n) is 12.6. The highest BCUT2D eigenvalue weighted by molar-refractivity contribution is 5.86. The summed E-state index contributed by atoms with van der Waals surface area (Å²) in [6, 6.07) is 5.88. The maximum absolute atomic E-state index is 13.0. The summed E-state index contributed by atoms with van der Waals surface area (Å²) < 4.78 is 28.0. The van der Waals surface area contributed by atoms with E-state index in [1.807, 2.05) is 0 Å². The molecule has 0 atom stereocenters. The second-order valence-corrected chi connectivity index (χ2v) is 4.72. The van der Waals surface area contributed by atoms with Crippen LogP contribution in [-0.4, -0.2) is 28.2 Å². The van der Waals surface area contributed by atoms with E-state index in [0.29, 0.717) is 16.8 Å². The first-order chi connectivity index (χ1) is 11.7. The fourth-order valence-electron chi connectivity index (χ4n) is 1.96. The second-order valence-electron chi connectivity index (χ2n) is 4.72. The molecule has 122 valence electrons. The molecule has 0 spiro atoms. The summed E-state index contributed by atoms with van der Waals surface area (Å²) in [7, 11) is 1.26. The maximum Gasteiger partial charge on any atom is 0.358 e. The van der Waals surface area contributed by atoms with Crippen LogP contribution in [0.4, 0.5) is 4.39 Å². The molecule has 0 N–H and O–H groups in total. The van der Waals surface area contributed by atoms with E-state index in [1.54, 1.807) is 12.1 Å². The normalized spacial score (nSPS) is 10.4. The molecule has 7 nitrogen and oxygen atoms in total. The summed E-state index contributed by atoms with van der Waals surface area (Å²) >= 11 is 0. The molecule has 8 heteroatoms. The van der Waals surface area contributed by atoms with Gasteiger partial charge in [0.15, 0.2) is 5.69 Å². The number of benzene rings is 1. The summed E-state index contributed by atoms with van der Waals surface area (Å²) in [6.45, 7) is 0.127. The molecule has 0 aliphatic carbocycles. The summed E-state index contributed by atoms with van der Waals surface area (Å²) in [5.41, 5.74) is 2.01. The Labute approximate surface area is 136 Å². The molecule has 3 aromatic rings. The van der Waals surface area contributed by atoms with Crippen molar-refractivity contribution in [1.82, 2.24) is 15.1 Å². The lowest BCUT2D eigenvalue weighted by molar-refractivity contribution is 0.0593. The van der Waals surface area contributed by atoms with Crippen LogP contribution in [0.25, 0.3) is 11.3 Å². The van der Waals surface area contributed by atoms with Crippen LogP contribution >= 0.6 is 0 Å². The molecule has 0 aliphatic heterocycles. The van der Waals surface area contributed by atoms with Crippen LogP contribution in [-0.2, 0) is 11.3 Å². The number of carbonyl (C=O) groups is 1. The van der Waals surface area contributed by atoms with Gasteiger partial charge >= 0.3 is 5.97 Å². The number of halogens is 1. The van der Waals surface area contributed by atoms with Gasteiger partial charge in [0, 0.05) is 5.56 Å². The minimum Gasteiger partial charge on any atom is -0.471 e. The van der Waals surface area contributed by atoms with Crippen molar-refractivity contribution in [2.24, 2.45) is 0 Å². The number of rotatable bonds is 5. The number of esters is 1. The van der Waals surface area contributed by atoms with Crippen LogP contribution in [0.15, 0.2) is 47.4 Å². The van der Waals surface area contributed by atoms with E-state index in [0.717, 1.165) is 0 Å². The van der Waals surface area contributed by atoms with Crippen molar-refractivity contribution >= 4 is 5.97 Å². The third kappa shape index (κ3) is 3.37. The minimum absolute atomic E-state index is 0.0850. The number of hydrogen-bond acceptors (Lipinski definition) is 7. The zero-order chi connectivity index (χ0) is 16.9. The number of methoxy groups -OCH3 is 1. The second kappa shape index (κ2) is 6.86. The average Bonchev–Trinajstić information content (AvgIpc) is 3.09. The van der Waals surface area contributed by atoms with Crippen molar-refractivity contribution in [1.29, 1.82) is 0 Å². The van der Waals surface area contributed by atoms with Gasteiger partial charge in [-0.1, -0.05) is 5.16 Å². The molecule has 24 heavy (non-hydrogen) atoms. The number of carbonyl (C=O) groups excluding carboxylic acids is 1. The Morgan fingerprint density at radius 1 is 1.21 bits per heavy atom. The summed E-state index contributed by atoms with van der Waals surface area (Å²) in [5.74, 6) is -0.679. The molecular formula is C16H12FN3O4. The van der Waals surface area contributed by atoms with Gasteiger partial charge in [0.2, 0.25) is 5.88 Å². The molecule has 0 bridgehead atoms. The molecule has 0 unspecified atom stereocenters. The van der Waals surface area contributed by atoms with Gasteiger partial charge in [-0.15, -0.1) is 0 Å². The molecule has 0 saturated carbocycles. The molecule has 0 amide bonds. The molecular weight excluding hydrogens is 317 g/mol. The molecule has 0 fully saturated rings. The van der Waals surface area contributed by atoms with Crippen LogP contribution in [0.2, 0.25) is 0 Å². The van der Waals surface area contributed by atoms with Crippen LogP contribution in [0.3, 0.4) is 0 Å². The number of ether oxygens (including phenoxy) is 2. The topological polar surface area (TPSA) is 87.3 Å². The molecule has 0 saturated heterocycles. The summed E-state index contributed by atoms with van der Waals surface area (Å²) in [6.07, 6.45) is 4.02. The Balaban J connectivity index is 1.70. The highest BCUT2D eigenvalue weighted by Gasteiger charge is 2.12. The van der Waals surface area contributed by atoms with Crippen molar-refractivity contribution in [3.63, 3.8) is 0 Å². The Bertz CT molecular complexity index is 831. The first-order valence-electron chi connectivity index (χ1n) is 6.89. The number of nitrogens with zero attached hydrogens (tertiary/aromatic N) is 3. The quantitative estimate of drug-likeness (QED) is 0.665. The van der Waals surface area contributed by atoms with Crippen molar-refractivity contribution < 1.29 is 23.2 Å². The lowest BCUT2D eigenvalue weighted by Crippen LogP contribution is -2.06. The van der Waals surface area contributed by atoms with Crippen LogP contribution in [0, 0.1) is 5.82 Å². The number of hydrogen-bond donors (Lipinski definition) is 0. The van der Waals surface area contributed by atoms with Crippen LogP contribution in [0.1, 0.15) is 16.1 Å². The highest BCUT2D eigenvalue weighted by Crippen LogP contribution is 2.23. The van der Waals surface area contributed by atoms with E-state index in [9.17, 15) is 9.18 Å². The fraction of sp³-hybridized carbons (Fsp3) is 0.125. The van der Waals surface area contributed by atoms with Crippen LogP contribution < -0.4 is 4.74 Å². The summed E-state index contributed by atoms with van der Waals surface area (Å²) in [5, 5.41) is 3.90. The van der Waals surface area contributed by atoms with E-state index in [4.69, 9.17) is 9.26 Å². The molecule has 2 heterocycles. The van der Waals surface area contributed by atoms with Crippen LogP contribution in [0.5, 0.6) is 5.88 Å². The molecule has 2 aromatic heterocycles. The highest BCUT2D eigenvalue weighted by atomic mass is 19.1. The Hall–Kier alpha value is -3.29. The first-order valence-corrected chi connectivity index (χ1v) is 6.89. The van der Waals surface area contributed by atoms with Crippen molar-refractivity contribution in [2.45, 2.75) is 6.61 Å². The van der Waals surface area contributed by atoms with Gasteiger partial charge in [-0.25, -0.2) is 19.2 Å². The van der Waals surface area contributed by atoms with E-state index < -0.39 is 5.97 Å². The van der Waals surface area contributed by atoms with Crippen molar-refractivity contribution in [3.8, 4) is 17.1 Å². The first kappa shape index (κ1) is 15.6. The monoisotopic (exact) mass is 329 g/mol. The molecule has 0 radical (unpaired) electrons.